The zero-order valence-corrected chi connectivity index (χ0v) is 18.6. The van der Waals surface area contributed by atoms with Gasteiger partial charge >= 0.3 is 12.2 Å². The number of benzene rings is 1. The van der Waals surface area contributed by atoms with Gasteiger partial charge in [-0.15, -0.1) is 11.3 Å². The number of hydrogen-bond acceptors (Lipinski definition) is 6. The van der Waals surface area contributed by atoms with E-state index in [4.69, 9.17) is 4.74 Å². The molecule has 32 heavy (non-hydrogen) atoms. The minimum atomic E-state index is -4.25. The predicted octanol–water partition coefficient (Wildman–Crippen LogP) is 4.95. The largest absolute Gasteiger partial charge is 0.467 e. The number of nitrogens with one attached hydrogen (secondary N) is 1. The van der Waals surface area contributed by atoms with Crippen LogP contribution in [0.3, 0.4) is 0 Å². The number of nitrogens with zero attached hydrogens (tertiary/aromatic N) is 3. The van der Waals surface area contributed by atoms with Gasteiger partial charge < -0.3 is 15.0 Å². The molecule has 1 spiro atoms. The van der Waals surface area contributed by atoms with Gasteiger partial charge in [0.25, 0.3) is 0 Å². The van der Waals surface area contributed by atoms with Crippen LogP contribution in [0.25, 0.3) is 10.2 Å². The number of ether oxygens (including phenoxy) is 1. The first-order chi connectivity index (χ1) is 15.3. The molecule has 3 aromatic rings. The van der Waals surface area contributed by atoms with E-state index in [9.17, 15) is 13.2 Å². The molecular formula is C23H25F3N4OS. The summed E-state index contributed by atoms with van der Waals surface area (Å²) in [6, 6.07) is 12.7. The molecule has 2 aromatic heterocycles. The monoisotopic (exact) mass is 462 g/mol. The van der Waals surface area contributed by atoms with Crippen molar-refractivity contribution in [2.75, 3.05) is 25.1 Å². The van der Waals surface area contributed by atoms with Crippen LogP contribution in [0.5, 0.6) is 6.01 Å². The molecule has 0 amide bonds. The number of alkyl halides is 3. The lowest BCUT2D eigenvalue weighted by atomic mass is 9.65. The molecule has 3 heterocycles. The van der Waals surface area contributed by atoms with E-state index in [-0.39, 0.29) is 16.3 Å². The second-order valence-corrected chi connectivity index (χ2v) is 10.0. The number of thiophene rings is 1. The second kappa shape index (κ2) is 8.19. The number of halogens is 3. The molecule has 5 nitrogen and oxygen atoms in total. The van der Waals surface area contributed by atoms with Crippen LogP contribution in [0.4, 0.5) is 19.0 Å². The van der Waals surface area contributed by atoms with Crippen molar-refractivity contribution >= 4 is 27.4 Å². The van der Waals surface area contributed by atoms with Gasteiger partial charge in [-0.2, -0.15) is 23.1 Å². The van der Waals surface area contributed by atoms with Gasteiger partial charge in [0.2, 0.25) is 0 Å². The van der Waals surface area contributed by atoms with Gasteiger partial charge in [-0.25, -0.2) is 0 Å². The van der Waals surface area contributed by atoms with Crippen molar-refractivity contribution in [3.8, 4) is 6.01 Å². The lowest BCUT2D eigenvalue weighted by Gasteiger charge is -2.45. The molecule has 9 heteroatoms. The van der Waals surface area contributed by atoms with Gasteiger partial charge in [0.05, 0.1) is 18.9 Å². The van der Waals surface area contributed by atoms with Crippen LogP contribution in [0, 0.1) is 5.41 Å². The maximum atomic E-state index is 12.9. The summed E-state index contributed by atoms with van der Waals surface area (Å²) in [7, 11) is 1.48. The van der Waals surface area contributed by atoms with Gasteiger partial charge in [0, 0.05) is 30.6 Å². The van der Waals surface area contributed by atoms with Gasteiger partial charge in [0.1, 0.15) is 10.6 Å². The summed E-state index contributed by atoms with van der Waals surface area (Å²) in [6.07, 6.45) is -1.93. The molecule has 1 saturated carbocycles. The molecule has 1 aromatic carbocycles. The van der Waals surface area contributed by atoms with Crippen LogP contribution < -0.4 is 15.0 Å². The molecule has 5 rings (SSSR count). The maximum absolute atomic E-state index is 12.9. The fourth-order valence-corrected chi connectivity index (χ4v) is 6.04. The molecule has 2 fully saturated rings. The second-order valence-electron chi connectivity index (χ2n) is 8.90. The van der Waals surface area contributed by atoms with Crippen molar-refractivity contribution in [2.24, 2.45) is 5.41 Å². The average molecular weight is 463 g/mol. The minimum absolute atomic E-state index is 0.199. The number of hydrogen-bond donors (Lipinski definition) is 1. The topological polar surface area (TPSA) is 50.3 Å². The summed E-state index contributed by atoms with van der Waals surface area (Å²) in [5, 5.41) is 4.33. The zero-order chi connectivity index (χ0) is 22.3. The lowest BCUT2D eigenvalue weighted by molar-refractivity contribution is -0.126. The van der Waals surface area contributed by atoms with Gasteiger partial charge in [-0.3, -0.25) is 0 Å². The Bertz CT molecular complexity index is 1100. The van der Waals surface area contributed by atoms with Gasteiger partial charge in [0.15, 0.2) is 0 Å². The molecule has 1 saturated heterocycles. The summed E-state index contributed by atoms with van der Waals surface area (Å²) in [4.78, 5) is 11.8. The van der Waals surface area contributed by atoms with E-state index in [0.717, 1.165) is 50.2 Å². The Morgan fingerprint density at radius 3 is 2.72 bits per heavy atom. The van der Waals surface area contributed by atoms with E-state index in [0.29, 0.717) is 22.1 Å². The third-order valence-corrected chi connectivity index (χ3v) is 7.52. The third-order valence-electron chi connectivity index (χ3n) is 6.49. The number of rotatable bonds is 6. The van der Waals surface area contributed by atoms with E-state index in [1.807, 2.05) is 6.07 Å². The van der Waals surface area contributed by atoms with Crippen molar-refractivity contribution in [3.63, 3.8) is 0 Å². The molecule has 0 radical (unpaired) electrons. The van der Waals surface area contributed by atoms with Crippen LogP contribution in [0.2, 0.25) is 0 Å². The number of anilines is 1. The first kappa shape index (κ1) is 21.5. The summed E-state index contributed by atoms with van der Waals surface area (Å²) < 4.78 is 44.0. The van der Waals surface area contributed by atoms with Crippen LogP contribution in [-0.2, 0) is 13.0 Å². The van der Waals surface area contributed by atoms with Crippen molar-refractivity contribution in [1.29, 1.82) is 0 Å². The fraction of sp³-hybridized carbons (Fsp3) is 0.478. The highest BCUT2D eigenvalue weighted by atomic mass is 32.1. The number of aromatic nitrogens is 2. The van der Waals surface area contributed by atoms with E-state index in [1.165, 1.54) is 12.7 Å². The minimum Gasteiger partial charge on any atom is -0.467 e. The normalized spacial score (nSPS) is 23.1. The number of methoxy groups -OCH3 is 1. The van der Waals surface area contributed by atoms with E-state index in [1.54, 1.807) is 6.07 Å². The Kier molecular flexibility index (Phi) is 5.49. The first-order valence-electron chi connectivity index (χ1n) is 10.8. The van der Waals surface area contributed by atoms with Gasteiger partial charge in [-0.1, -0.05) is 30.3 Å². The Balaban J connectivity index is 1.29. The molecule has 0 unspecified atom stereocenters. The quantitative estimate of drug-likeness (QED) is 0.562. The molecule has 0 atom stereocenters. The Labute approximate surface area is 188 Å². The SMILES string of the molecule is COc1nc(N2CCC3(CC(NCc4ccccc4)C3)C2)c2cc(CC(F)(F)F)sc2n1. The highest BCUT2D eigenvalue weighted by Gasteiger charge is 2.48. The highest BCUT2D eigenvalue weighted by molar-refractivity contribution is 7.18. The van der Waals surface area contributed by atoms with Crippen LogP contribution in [0.15, 0.2) is 36.4 Å². The molecule has 1 N–H and O–H groups in total. The summed E-state index contributed by atoms with van der Waals surface area (Å²) >= 11 is 1.06. The molecule has 2 aliphatic rings. The van der Waals surface area contributed by atoms with Crippen LogP contribution >= 0.6 is 11.3 Å². The summed E-state index contributed by atoms with van der Waals surface area (Å²) in [6.45, 7) is 2.56. The summed E-state index contributed by atoms with van der Waals surface area (Å²) in [5.74, 6) is 0.689. The smallest absolute Gasteiger partial charge is 0.393 e. The van der Waals surface area contributed by atoms with E-state index in [2.05, 4.69) is 44.5 Å². The van der Waals surface area contributed by atoms with E-state index >= 15 is 0 Å². The molecule has 1 aliphatic heterocycles. The standard InChI is InChI=1S/C23H25F3N4OS/c1-31-21-28-19(18-9-17(12-23(24,25)26)32-20(18)29-21)30-8-7-22(14-30)10-16(11-22)27-13-15-5-3-2-4-6-15/h2-6,9,16,27H,7-8,10-14H2,1H3. The highest BCUT2D eigenvalue weighted by Crippen LogP contribution is 2.50. The van der Waals surface area contributed by atoms with Crippen molar-refractivity contribution in [1.82, 2.24) is 15.3 Å². The first-order valence-corrected chi connectivity index (χ1v) is 11.6. The third kappa shape index (κ3) is 4.41. The van der Waals surface area contributed by atoms with E-state index < -0.39 is 12.6 Å². The van der Waals surface area contributed by atoms with Crippen molar-refractivity contribution in [2.45, 2.75) is 44.4 Å². The Morgan fingerprint density at radius 2 is 2.00 bits per heavy atom. The molecule has 0 bridgehead atoms. The molecule has 170 valence electrons. The summed E-state index contributed by atoms with van der Waals surface area (Å²) in [5.41, 5.74) is 1.52. The number of fused-ring (bicyclic) bond motifs is 1. The van der Waals surface area contributed by atoms with Crippen molar-refractivity contribution < 1.29 is 17.9 Å². The zero-order valence-electron chi connectivity index (χ0n) is 17.8. The van der Waals surface area contributed by atoms with Crippen LogP contribution in [0.1, 0.15) is 29.7 Å². The predicted molar refractivity (Wildman–Crippen MR) is 119 cm³/mol. The van der Waals surface area contributed by atoms with Crippen LogP contribution in [-0.4, -0.2) is 42.4 Å². The van der Waals surface area contributed by atoms with Crippen molar-refractivity contribution in [3.05, 3.63) is 46.8 Å². The Hall–Kier alpha value is -2.39. The Morgan fingerprint density at radius 1 is 1.22 bits per heavy atom. The van der Waals surface area contributed by atoms with Gasteiger partial charge in [-0.05, 0) is 36.3 Å². The lowest BCUT2D eigenvalue weighted by Crippen LogP contribution is -2.50. The fourth-order valence-electron chi connectivity index (χ4n) is 4.99. The maximum Gasteiger partial charge on any atom is 0.393 e. The molecule has 1 aliphatic carbocycles. The molecular weight excluding hydrogens is 437 g/mol. The average Bonchev–Trinajstić information content (AvgIpc) is 3.34.